The predicted molar refractivity (Wildman–Crippen MR) is 98.9 cm³/mol. The molecule has 1 aromatic rings. The molecular weight excluding hydrogens is 376 g/mol. The SMILES string of the molecule is Cc1cc(N2C(=O)CCS2(=O)=O)ccc1S(=O)(=O)NC1CCCCCC1. The van der Waals surface area contributed by atoms with Gasteiger partial charge in [-0.05, 0) is 43.5 Å². The van der Waals surface area contributed by atoms with Crippen molar-refractivity contribution in [2.45, 2.75) is 62.8 Å². The average molecular weight is 401 g/mol. The number of hydrogen-bond acceptors (Lipinski definition) is 5. The van der Waals surface area contributed by atoms with Crippen LogP contribution in [0.3, 0.4) is 0 Å². The molecule has 1 amide bonds. The molecule has 0 atom stereocenters. The van der Waals surface area contributed by atoms with Gasteiger partial charge in [0, 0.05) is 12.5 Å². The Morgan fingerprint density at radius 1 is 1.12 bits per heavy atom. The molecule has 0 bridgehead atoms. The summed E-state index contributed by atoms with van der Waals surface area (Å²) in [4.78, 5) is 12.0. The Kier molecular flexibility index (Phi) is 5.41. The molecule has 26 heavy (non-hydrogen) atoms. The van der Waals surface area contributed by atoms with Crippen LogP contribution in [0.5, 0.6) is 0 Å². The van der Waals surface area contributed by atoms with Crippen LogP contribution in [0.25, 0.3) is 0 Å². The quantitative estimate of drug-likeness (QED) is 0.780. The molecule has 1 aliphatic carbocycles. The maximum Gasteiger partial charge on any atom is 0.242 e. The summed E-state index contributed by atoms with van der Waals surface area (Å²) >= 11 is 0. The summed E-state index contributed by atoms with van der Waals surface area (Å²) in [6.07, 6.45) is 5.90. The normalized spacial score (nSPS) is 21.7. The molecule has 144 valence electrons. The van der Waals surface area contributed by atoms with E-state index in [0.29, 0.717) is 5.56 Å². The van der Waals surface area contributed by atoms with Gasteiger partial charge in [-0.15, -0.1) is 0 Å². The van der Waals surface area contributed by atoms with Crippen molar-refractivity contribution < 1.29 is 21.6 Å². The Labute approximate surface area is 154 Å². The summed E-state index contributed by atoms with van der Waals surface area (Å²) in [5.74, 6) is -0.703. The van der Waals surface area contributed by atoms with Crippen LogP contribution in [0.15, 0.2) is 23.1 Å². The van der Waals surface area contributed by atoms with Gasteiger partial charge < -0.3 is 0 Å². The first-order valence-corrected chi connectivity index (χ1v) is 12.0. The molecule has 0 spiro atoms. The second kappa shape index (κ2) is 7.28. The maximum atomic E-state index is 12.7. The molecule has 3 rings (SSSR count). The number of anilines is 1. The van der Waals surface area contributed by atoms with Crippen LogP contribution < -0.4 is 9.03 Å². The summed E-state index contributed by atoms with van der Waals surface area (Å²) < 4.78 is 53.1. The minimum atomic E-state index is -3.69. The zero-order valence-electron chi connectivity index (χ0n) is 14.8. The minimum absolute atomic E-state index is 0.0509. The molecular formula is C17H24N2O5S2. The zero-order chi connectivity index (χ0) is 18.9. The van der Waals surface area contributed by atoms with Crippen LogP contribution in [-0.2, 0) is 24.8 Å². The topological polar surface area (TPSA) is 101 Å². The minimum Gasteiger partial charge on any atom is -0.273 e. The number of nitrogens with zero attached hydrogens (tertiary/aromatic N) is 1. The summed E-state index contributed by atoms with van der Waals surface area (Å²) in [6, 6.07) is 4.14. The van der Waals surface area contributed by atoms with Crippen molar-refractivity contribution in [1.82, 2.24) is 4.72 Å². The zero-order valence-corrected chi connectivity index (χ0v) is 16.4. The van der Waals surface area contributed by atoms with Crippen molar-refractivity contribution in [3.8, 4) is 0 Å². The fourth-order valence-corrected chi connectivity index (χ4v) is 6.59. The molecule has 0 aromatic heterocycles. The number of sulfonamides is 2. The first kappa shape index (κ1) is 19.3. The molecule has 1 heterocycles. The number of aryl methyl sites for hydroxylation is 1. The average Bonchev–Trinajstić information content (AvgIpc) is 2.72. The van der Waals surface area contributed by atoms with Gasteiger partial charge in [-0.2, -0.15) is 0 Å². The monoisotopic (exact) mass is 400 g/mol. The summed E-state index contributed by atoms with van der Waals surface area (Å²) in [7, 11) is -7.35. The standard InChI is InChI=1S/C17H24N2O5S2/c1-13-12-15(19-17(20)10-11-25(19,21)22)8-9-16(13)26(23,24)18-14-6-4-2-3-5-7-14/h8-9,12,14,18H,2-7,10-11H2,1H3. The number of rotatable bonds is 4. The molecule has 0 radical (unpaired) electrons. The van der Waals surface area contributed by atoms with Crippen molar-refractivity contribution in [2.24, 2.45) is 0 Å². The smallest absolute Gasteiger partial charge is 0.242 e. The number of amides is 1. The van der Waals surface area contributed by atoms with E-state index in [4.69, 9.17) is 0 Å². The molecule has 1 aromatic carbocycles. The third-order valence-corrected chi connectivity index (χ3v) is 8.31. The summed E-state index contributed by atoms with van der Waals surface area (Å²) in [5.41, 5.74) is 0.608. The van der Waals surface area contributed by atoms with E-state index >= 15 is 0 Å². The van der Waals surface area contributed by atoms with E-state index in [0.717, 1.165) is 42.8 Å². The molecule has 9 heteroatoms. The van der Waals surface area contributed by atoms with Gasteiger partial charge in [0.2, 0.25) is 26.0 Å². The van der Waals surface area contributed by atoms with Gasteiger partial charge in [-0.25, -0.2) is 25.9 Å². The molecule has 1 saturated carbocycles. The largest absolute Gasteiger partial charge is 0.273 e. The van der Waals surface area contributed by atoms with E-state index < -0.39 is 26.0 Å². The highest BCUT2D eigenvalue weighted by molar-refractivity contribution is 7.94. The number of carbonyl (C=O) groups is 1. The lowest BCUT2D eigenvalue weighted by Crippen LogP contribution is -2.35. The Morgan fingerprint density at radius 3 is 2.31 bits per heavy atom. The third-order valence-electron chi connectivity index (χ3n) is 4.94. The highest BCUT2D eigenvalue weighted by Gasteiger charge is 2.36. The van der Waals surface area contributed by atoms with Crippen molar-refractivity contribution in [1.29, 1.82) is 0 Å². The van der Waals surface area contributed by atoms with Crippen LogP contribution in [0.2, 0.25) is 0 Å². The summed E-state index contributed by atoms with van der Waals surface area (Å²) in [6.45, 7) is 1.61. The number of benzene rings is 1. The summed E-state index contributed by atoms with van der Waals surface area (Å²) in [5, 5.41) is 0. The van der Waals surface area contributed by atoms with E-state index in [9.17, 15) is 21.6 Å². The van der Waals surface area contributed by atoms with Crippen LogP contribution in [0, 0.1) is 6.92 Å². The third kappa shape index (κ3) is 3.94. The molecule has 2 aliphatic rings. The fourth-order valence-electron chi connectivity index (χ4n) is 3.61. The van der Waals surface area contributed by atoms with Crippen molar-refractivity contribution >= 4 is 31.6 Å². The van der Waals surface area contributed by atoms with Crippen LogP contribution in [0.4, 0.5) is 5.69 Å². The van der Waals surface area contributed by atoms with Gasteiger partial charge in [0.15, 0.2) is 0 Å². The van der Waals surface area contributed by atoms with Crippen LogP contribution in [-0.4, -0.2) is 34.5 Å². The highest BCUT2D eigenvalue weighted by Crippen LogP contribution is 2.29. The van der Waals surface area contributed by atoms with Gasteiger partial charge in [0.05, 0.1) is 16.3 Å². The number of carbonyl (C=O) groups excluding carboxylic acids is 1. The molecule has 1 N–H and O–H groups in total. The first-order valence-electron chi connectivity index (χ1n) is 8.89. The van der Waals surface area contributed by atoms with E-state index in [1.165, 1.54) is 18.2 Å². The van der Waals surface area contributed by atoms with E-state index in [2.05, 4.69) is 4.72 Å². The van der Waals surface area contributed by atoms with Crippen LogP contribution in [0.1, 0.15) is 50.5 Å². The molecule has 1 aliphatic heterocycles. The molecule has 0 unspecified atom stereocenters. The lowest BCUT2D eigenvalue weighted by Gasteiger charge is -2.19. The van der Waals surface area contributed by atoms with E-state index in [-0.39, 0.29) is 28.8 Å². The lowest BCUT2D eigenvalue weighted by atomic mass is 10.1. The van der Waals surface area contributed by atoms with E-state index in [1.807, 2.05) is 0 Å². The second-order valence-electron chi connectivity index (χ2n) is 6.98. The second-order valence-corrected chi connectivity index (χ2v) is 10.6. The molecule has 7 nitrogen and oxygen atoms in total. The maximum absolute atomic E-state index is 12.7. The van der Waals surface area contributed by atoms with Gasteiger partial charge >= 0.3 is 0 Å². The highest BCUT2D eigenvalue weighted by atomic mass is 32.2. The Hall–Kier alpha value is -1.45. The fraction of sp³-hybridized carbons (Fsp3) is 0.588. The first-order chi connectivity index (χ1) is 12.2. The van der Waals surface area contributed by atoms with Gasteiger partial charge in [-0.1, -0.05) is 25.7 Å². The molecule has 2 fully saturated rings. The van der Waals surface area contributed by atoms with Crippen molar-refractivity contribution in [3.63, 3.8) is 0 Å². The predicted octanol–water partition coefficient (Wildman–Crippen LogP) is 2.06. The Morgan fingerprint density at radius 2 is 1.77 bits per heavy atom. The van der Waals surface area contributed by atoms with Crippen LogP contribution >= 0.6 is 0 Å². The number of nitrogens with one attached hydrogen (secondary N) is 1. The lowest BCUT2D eigenvalue weighted by molar-refractivity contribution is -0.116. The molecule has 1 saturated heterocycles. The number of hydrogen-bond donors (Lipinski definition) is 1. The van der Waals surface area contributed by atoms with Crippen molar-refractivity contribution in [3.05, 3.63) is 23.8 Å². The Bertz CT molecular complexity index is 901. The van der Waals surface area contributed by atoms with Crippen molar-refractivity contribution in [2.75, 3.05) is 10.1 Å². The van der Waals surface area contributed by atoms with Gasteiger partial charge in [0.25, 0.3) is 0 Å². The van der Waals surface area contributed by atoms with Gasteiger partial charge in [0.1, 0.15) is 0 Å². The van der Waals surface area contributed by atoms with E-state index in [1.54, 1.807) is 6.92 Å². The van der Waals surface area contributed by atoms with Gasteiger partial charge in [-0.3, -0.25) is 4.79 Å². The Balaban J connectivity index is 1.86.